The molecular weight excluding hydrogens is 144 g/mol. The fourth-order valence-corrected chi connectivity index (χ4v) is 1.34. The highest BCUT2D eigenvalue weighted by molar-refractivity contribution is 5.04. The summed E-state index contributed by atoms with van der Waals surface area (Å²) >= 11 is 0. The number of rotatable bonds is 6. The SMILES string of the molecule is CCC/C=C(/CCCC)C(C)C. The van der Waals surface area contributed by atoms with Crippen LogP contribution in [0.1, 0.15) is 59.8 Å². The lowest BCUT2D eigenvalue weighted by Gasteiger charge is -2.10. The zero-order chi connectivity index (χ0) is 9.40. The van der Waals surface area contributed by atoms with Gasteiger partial charge in [-0.15, -0.1) is 0 Å². The molecule has 0 saturated carbocycles. The summed E-state index contributed by atoms with van der Waals surface area (Å²) in [6.07, 6.45) is 8.97. The summed E-state index contributed by atoms with van der Waals surface area (Å²) in [5, 5.41) is 0. The van der Waals surface area contributed by atoms with Gasteiger partial charge in [-0.3, -0.25) is 0 Å². The second-order valence-corrected chi connectivity index (χ2v) is 3.83. The molecule has 0 aromatic heterocycles. The van der Waals surface area contributed by atoms with Gasteiger partial charge in [0.15, 0.2) is 0 Å². The fourth-order valence-electron chi connectivity index (χ4n) is 1.34. The van der Waals surface area contributed by atoms with E-state index in [-0.39, 0.29) is 0 Å². The Morgan fingerprint density at radius 3 is 2.25 bits per heavy atom. The molecule has 0 aliphatic carbocycles. The molecule has 0 aliphatic rings. The van der Waals surface area contributed by atoms with Crippen LogP contribution in [-0.2, 0) is 0 Å². The standard InChI is InChI=1S/C12H24/c1-5-7-9-12(11(3)4)10-8-6-2/h9,11H,5-8,10H2,1-4H3/b12-9-. The van der Waals surface area contributed by atoms with E-state index in [1.54, 1.807) is 5.57 Å². The maximum absolute atomic E-state index is 2.44. The second-order valence-electron chi connectivity index (χ2n) is 3.83. The molecule has 0 bridgehead atoms. The quantitative estimate of drug-likeness (QED) is 0.510. The molecule has 0 fully saturated rings. The monoisotopic (exact) mass is 168 g/mol. The van der Waals surface area contributed by atoms with Crippen molar-refractivity contribution in [3.05, 3.63) is 11.6 Å². The molecule has 0 aromatic carbocycles. The van der Waals surface area contributed by atoms with Crippen LogP contribution in [0.5, 0.6) is 0 Å². The molecule has 12 heavy (non-hydrogen) atoms. The summed E-state index contributed by atoms with van der Waals surface area (Å²) < 4.78 is 0. The van der Waals surface area contributed by atoms with E-state index in [0.717, 1.165) is 5.92 Å². The Morgan fingerprint density at radius 1 is 1.17 bits per heavy atom. The Hall–Kier alpha value is -0.260. The van der Waals surface area contributed by atoms with E-state index in [9.17, 15) is 0 Å². The van der Waals surface area contributed by atoms with Crippen LogP contribution >= 0.6 is 0 Å². The topological polar surface area (TPSA) is 0 Å². The van der Waals surface area contributed by atoms with E-state index < -0.39 is 0 Å². The molecule has 0 nitrogen and oxygen atoms in total. The van der Waals surface area contributed by atoms with E-state index >= 15 is 0 Å². The van der Waals surface area contributed by atoms with Crippen molar-refractivity contribution in [3.8, 4) is 0 Å². The minimum absolute atomic E-state index is 0.753. The molecule has 0 spiro atoms. The lowest BCUT2D eigenvalue weighted by atomic mass is 9.96. The van der Waals surface area contributed by atoms with Crippen molar-refractivity contribution in [3.63, 3.8) is 0 Å². The third-order valence-corrected chi connectivity index (χ3v) is 2.26. The fraction of sp³-hybridized carbons (Fsp3) is 0.833. The van der Waals surface area contributed by atoms with Crippen molar-refractivity contribution in [1.29, 1.82) is 0 Å². The summed E-state index contributed by atoms with van der Waals surface area (Å²) in [7, 11) is 0. The molecule has 0 aliphatic heterocycles. The number of hydrogen-bond donors (Lipinski definition) is 0. The van der Waals surface area contributed by atoms with Crippen molar-refractivity contribution in [1.82, 2.24) is 0 Å². The lowest BCUT2D eigenvalue weighted by Crippen LogP contribution is -1.94. The number of unbranched alkanes of at least 4 members (excludes halogenated alkanes) is 2. The highest BCUT2D eigenvalue weighted by Crippen LogP contribution is 2.17. The van der Waals surface area contributed by atoms with Crippen molar-refractivity contribution >= 4 is 0 Å². The van der Waals surface area contributed by atoms with Crippen LogP contribution in [0.15, 0.2) is 11.6 Å². The Morgan fingerprint density at radius 2 is 1.83 bits per heavy atom. The Bertz CT molecular complexity index is 120. The van der Waals surface area contributed by atoms with Crippen LogP contribution in [-0.4, -0.2) is 0 Å². The van der Waals surface area contributed by atoms with E-state index in [1.807, 2.05) is 0 Å². The zero-order valence-corrected chi connectivity index (χ0v) is 9.19. The van der Waals surface area contributed by atoms with Crippen LogP contribution in [0.4, 0.5) is 0 Å². The highest BCUT2D eigenvalue weighted by Gasteiger charge is 2.01. The van der Waals surface area contributed by atoms with Gasteiger partial charge in [0.2, 0.25) is 0 Å². The predicted octanol–water partition coefficient (Wildman–Crippen LogP) is 4.56. The van der Waals surface area contributed by atoms with Gasteiger partial charge in [-0.05, 0) is 25.2 Å². The summed E-state index contributed by atoms with van der Waals surface area (Å²) in [5.74, 6) is 0.753. The average molecular weight is 168 g/mol. The van der Waals surface area contributed by atoms with E-state index in [4.69, 9.17) is 0 Å². The Kier molecular flexibility index (Phi) is 7.23. The molecule has 72 valence electrons. The summed E-state index contributed by atoms with van der Waals surface area (Å²) in [5.41, 5.74) is 1.67. The van der Waals surface area contributed by atoms with Crippen molar-refractivity contribution in [2.24, 2.45) is 5.92 Å². The van der Waals surface area contributed by atoms with Crippen LogP contribution in [0, 0.1) is 5.92 Å². The maximum Gasteiger partial charge on any atom is -0.0260 e. The van der Waals surface area contributed by atoms with Gasteiger partial charge in [-0.25, -0.2) is 0 Å². The first-order chi connectivity index (χ1) is 5.72. The number of hydrogen-bond acceptors (Lipinski definition) is 0. The van der Waals surface area contributed by atoms with E-state index in [0.29, 0.717) is 0 Å². The molecular formula is C12H24. The van der Waals surface area contributed by atoms with Gasteiger partial charge in [-0.2, -0.15) is 0 Å². The predicted molar refractivity (Wildman–Crippen MR) is 57.4 cm³/mol. The van der Waals surface area contributed by atoms with Crippen molar-refractivity contribution in [2.45, 2.75) is 59.8 Å². The van der Waals surface area contributed by atoms with Gasteiger partial charge in [-0.1, -0.05) is 52.2 Å². The largest absolute Gasteiger partial charge is 0.0851 e. The third kappa shape index (κ3) is 5.40. The molecule has 0 aromatic rings. The summed E-state index contributed by atoms with van der Waals surface area (Å²) in [6.45, 7) is 9.11. The molecule has 0 heterocycles. The molecule has 0 saturated heterocycles. The van der Waals surface area contributed by atoms with Gasteiger partial charge in [0.25, 0.3) is 0 Å². The highest BCUT2D eigenvalue weighted by atomic mass is 14.1. The Labute approximate surface area is 78.1 Å². The molecule has 0 heteroatoms. The van der Waals surface area contributed by atoms with Crippen molar-refractivity contribution in [2.75, 3.05) is 0 Å². The van der Waals surface area contributed by atoms with Crippen molar-refractivity contribution < 1.29 is 0 Å². The lowest BCUT2D eigenvalue weighted by molar-refractivity contribution is 0.666. The van der Waals surface area contributed by atoms with Crippen LogP contribution in [0.2, 0.25) is 0 Å². The maximum atomic E-state index is 2.44. The zero-order valence-electron chi connectivity index (χ0n) is 9.19. The van der Waals surface area contributed by atoms with Gasteiger partial charge in [0, 0.05) is 0 Å². The Balaban J connectivity index is 3.85. The third-order valence-electron chi connectivity index (χ3n) is 2.26. The first-order valence-corrected chi connectivity index (χ1v) is 5.41. The first-order valence-electron chi connectivity index (χ1n) is 5.41. The molecule has 0 rings (SSSR count). The molecule has 0 amide bonds. The van der Waals surface area contributed by atoms with Gasteiger partial charge >= 0.3 is 0 Å². The van der Waals surface area contributed by atoms with E-state index in [2.05, 4.69) is 33.8 Å². The van der Waals surface area contributed by atoms with Gasteiger partial charge in [0.05, 0.1) is 0 Å². The van der Waals surface area contributed by atoms with E-state index in [1.165, 1.54) is 32.1 Å². The number of allylic oxidation sites excluding steroid dienone is 2. The van der Waals surface area contributed by atoms with Crippen LogP contribution in [0.25, 0.3) is 0 Å². The minimum Gasteiger partial charge on any atom is -0.0851 e. The van der Waals surface area contributed by atoms with Gasteiger partial charge in [0.1, 0.15) is 0 Å². The first kappa shape index (κ1) is 11.7. The summed E-state index contributed by atoms with van der Waals surface area (Å²) in [6, 6.07) is 0. The van der Waals surface area contributed by atoms with Crippen LogP contribution < -0.4 is 0 Å². The normalized spacial score (nSPS) is 12.6. The van der Waals surface area contributed by atoms with Crippen LogP contribution in [0.3, 0.4) is 0 Å². The molecule has 0 unspecified atom stereocenters. The molecule has 0 atom stereocenters. The molecule has 0 radical (unpaired) electrons. The second kappa shape index (κ2) is 7.39. The average Bonchev–Trinajstić information content (AvgIpc) is 2.04. The smallest absolute Gasteiger partial charge is 0.0260 e. The summed E-state index contributed by atoms with van der Waals surface area (Å²) in [4.78, 5) is 0. The molecule has 0 N–H and O–H groups in total. The minimum atomic E-state index is 0.753. The van der Waals surface area contributed by atoms with Gasteiger partial charge < -0.3 is 0 Å².